The van der Waals surface area contributed by atoms with Crippen LogP contribution in [0.4, 0.5) is 0 Å². The van der Waals surface area contributed by atoms with Crippen molar-refractivity contribution in [3.63, 3.8) is 0 Å². The average molecular weight is 669 g/mol. The van der Waals surface area contributed by atoms with Gasteiger partial charge in [-0.05, 0) is 12.8 Å². The topological polar surface area (TPSA) is 186 Å². The van der Waals surface area contributed by atoms with Crippen molar-refractivity contribution < 1.29 is 56.8 Å². The lowest BCUT2D eigenvalue weighted by Crippen LogP contribution is -2.60. The van der Waals surface area contributed by atoms with Gasteiger partial charge in [-0.2, -0.15) is 8.42 Å². The molecule has 12 nitrogen and oxygen atoms in total. The van der Waals surface area contributed by atoms with Crippen LogP contribution < -0.4 is 0 Å². The van der Waals surface area contributed by atoms with E-state index in [1.807, 2.05) is 0 Å². The van der Waals surface area contributed by atoms with Gasteiger partial charge in [0.15, 0.2) is 12.4 Å². The normalized spacial score (nSPS) is 22.7. The second-order valence-corrected chi connectivity index (χ2v) is 13.7. The number of rotatable bonds is 27. The Morgan fingerprint density at radius 1 is 0.667 bits per heavy atom. The number of aliphatic hydroxyl groups is 3. The summed E-state index contributed by atoms with van der Waals surface area (Å²) in [7, 11) is -4.58. The van der Waals surface area contributed by atoms with Crippen LogP contribution in [0.15, 0.2) is 0 Å². The number of hydrogen-bond donors (Lipinski definition) is 4. The Labute approximate surface area is 270 Å². The number of aliphatic hydroxyl groups excluding tert-OH is 3. The van der Waals surface area contributed by atoms with Crippen LogP contribution in [0, 0.1) is 0 Å². The van der Waals surface area contributed by atoms with Crippen LogP contribution in [-0.4, -0.2) is 96.0 Å². The molecule has 0 aromatic rings. The Kier molecular flexibility index (Phi) is 22.9. The van der Waals surface area contributed by atoms with Gasteiger partial charge in [0.25, 0.3) is 10.1 Å². The van der Waals surface area contributed by atoms with Gasteiger partial charge in [0.2, 0.25) is 0 Å². The van der Waals surface area contributed by atoms with Crippen LogP contribution in [0.3, 0.4) is 0 Å². The van der Waals surface area contributed by atoms with E-state index in [1.54, 1.807) is 0 Å². The van der Waals surface area contributed by atoms with E-state index in [1.165, 1.54) is 44.9 Å². The first-order chi connectivity index (χ1) is 21.5. The number of ether oxygens (including phenoxy) is 4. The van der Waals surface area contributed by atoms with E-state index in [-0.39, 0.29) is 19.4 Å². The predicted octanol–water partition coefficient (Wildman–Crippen LogP) is 4.61. The van der Waals surface area contributed by atoms with E-state index in [0.29, 0.717) is 12.8 Å². The van der Waals surface area contributed by atoms with Crippen molar-refractivity contribution in [1.82, 2.24) is 0 Å². The van der Waals surface area contributed by atoms with Gasteiger partial charge >= 0.3 is 11.9 Å². The standard InChI is InChI=1S/C32H60O12S/c1-3-5-7-9-11-12-13-15-16-18-20-27(33)41-22-25(43-28(34)21-19-17-14-10-8-6-4-2)23-42-32-31(37)30(36)29(35)26(44-32)24-45(38,39)40/h25-26,29-32,35-37H,3-24H2,1-2H3,(H,38,39,40)/t25-,26-,29-,30?,31?,32+/m1/s1. The first kappa shape index (κ1) is 41.7. The van der Waals surface area contributed by atoms with E-state index in [2.05, 4.69) is 13.8 Å². The Balaban J connectivity index is 2.58. The molecule has 1 fully saturated rings. The second kappa shape index (κ2) is 24.8. The Morgan fingerprint density at radius 3 is 1.62 bits per heavy atom. The fraction of sp³-hybridized carbons (Fsp3) is 0.938. The molecule has 0 bridgehead atoms. The summed E-state index contributed by atoms with van der Waals surface area (Å²) >= 11 is 0. The molecule has 1 rings (SSSR count). The third kappa shape index (κ3) is 20.5. The fourth-order valence-corrected chi connectivity index (χ4v) is 5.89. The number of hydrogen-bond acceptors (Lipinski definition) is 11. The number of carbonyl (C=O) groups is 2. The highest BCUT2D eigenvalue weighted by Gasteiger charge is 2.46. The lowest BCUT2D eigenvalue weighted by molar-refractivity contribution is -0.297. The third-order valence-corrected chi connectivity index (χ3v) is 8.69. The smallest absolute Gasteiger partial charge is 0.306 e. The summed E-state index contributed by atoms with van der Waals surface area (Å²) in [4.78, 5) is 24.9. The molecule has 0 radical (unpaired) electrons. The zero-order valence-corrected chi connectivity index (χ0v) is 28.3. The molecule has 0 aliphatic carbocycles. The summed E-state index contributed by atoms with van der Waals surface area (Å²) in [5.74, 6) is -1.98. The fourth-order valence-electron chi connectivity index (χ4n) is 5.20. The maximum atomic E-state index is 12.6. The first-order valence-corrected chi connectivity index (χ1v) is 18.7. The minimum Gasteiger partial charge on any atom is -0.462 e. The van der Waals surface area contributed by atoms with Gasteiger partial charge in [0.05, 0.1) is 6.61 Å². The highest BCUT2D eigenvalue weighted by atomic mass is 32.2. The summed E-state index contributed by atoms with van der Waals surface area (Å²) in [5, 5.41) is 30.5. The highest BCUT2D eigenvalue weighted by Crippen LogP contribution is 2.24. The quantitative estimate of drug-likeness (QED) is 0.0542. The van der Waals surface area contributed by atoms with E-state index in [9.17, 15) is 33.3 Å². The van der Waals surface area contributed by atoms with Crippen LogP contribution in [0.25, 0.3) is 0 Å². The maximum Gasteiger partial charge on any atom is 0.306 e. The zero-order valence-electron chi connectivity index (χ0n) is 27.5. The Morgan fingerprint density at radius 2 is 1.13 bits per heavy atom. The van der Waals surface area contributed by atoms with Crippen molar-refractivity contribution >= 4 is 22.1 Å². The van der Waals surface area contributed by atoms with Gasteiger partial charge in [-0.1, -0.05) is 110 Å². The summed E-state index contributed by atoms with van der Waals surface area (Å²) in [6.45, 7) is 3.64. The SMILES string of the molecule is CCCCCCCCCCCCC(=O)OC[C@H](CO[C@H]1O[C@H](CS(=O)(=O)O)[C@@H](O)C(O)C1O)OC(=O)CCCCCCCCC. The van der Waals surface area contributed by atoms with Crippen LogP contribution in [0.2, 0.25) is 0 Å². The summed E-state index contributed by atoms with van der Waals surface area (Å²) < 4.78 is 53.5. The molecular weight excluding hydrogens is 608 g/mol. The number of unbranched alkanes of at least 4 members (excludes halogenated alkanes) is 15. The molecule has 266 valence electrons. The zero-order chi connectivity index (χ0) is 33.5. The molecule has 1 aliphatic rings. The molecule has 0 saturated carbocycles. The molecule has 2 unspecified atom stereocenters. The molecule has 1 aliphatic heterocycles. The summed E-state index contributed by atoms with van der Waals surface area (Å²) in [6.07, 6.45) is 9.23. The molecule has 1 saturated heterocycles. The van der Waals surface area contributed by atoms with Crippen molar-refractivity contribution in [3.05, 3.63) is 0 Å². The average Bonchev–Trinajstić information content (AvgIpc) is 2.99. The van der Waals surface area contributed by atoms with E-state index < -0.39 is 71.2 Å². The molecule has 0 spiro atoms. The summed E-state index contributed by atoms with van der Waals surface area (Å²) in [6, 6.07) is 0. The number of esters is 2. The largest absolute Gasteiger partial charge is 0.462 e. The van der Waals surface area contributed by atoms with E-state index >= 15 is 0 Å². The molecular formula is C32H60O12S. The van der Waals surface area contributed by atoms with Crippen LogP contribution in [0.5, 0.6) is 0 Å². The Bertz CT molecular complexity index is 883. The van der Waals surface area contributed by atoms with E-state index in [0.717, 1.165) is 51.4 Å². The van der Waals surface area contributed by atoms with Crippen molar-refractivity contribution in [2.24, 2.45) is 0 Å². The van der Waals surface area contributed by atoms with Gasteiger partial charge in [0, 0.05) is 12.8 Å². The third-order valence-electron chi connectivity index (χ3n) is 7.94. The van der Waals surface area contributed by atoms with Gasteiger partial charge in [-0.15, -0.1) is 0 Å². The van der Waals surface area contributed by atoms with Crippen LogP contribution >= 0.6 is 0 Å². The minimum absolute atomic E-state index is 0.167. The summed E-state index contributed by atoms with van der Waals surface area (Å²) in [5.41, 5.74) is 0. The van der Waals surface area contributed by atoms with Crippen molar-refractivity contribution in [2.45, 2.75) is 173 Å². The highest BCUT2D eigenvalue weighted by molar-refractivity contribution is 7.85. The van der Waals surface area contributed by atoms with Gasteiger partial charge < -0.3 is 34.3 Å². The monoisotopic (exact) mass is 668 g/mol. The molecule has 4 N–H and O–H groups in total. The van der Waals surface area contributed by atoms with Crippen molar-refractivity contribution in [3.8, 4) is 0 Å². The molecule has 0 amide bonds. The van der Waals surface area contributed by atoms with Crippen molar-refractivity contribution in [2.75, 3.05) is 19.0 Å². The van der Waals surface area contributed by atoms with Crippen LogP contribution in [0.1, 0.15) is 136 Å². The van der Waals surface area contributed by atoms with Crippen LogP contribution in [-0.2, 0) is 38.7 Å². The maximum absolute atomic E-state index is 12.6. The molecule has 13 heteroatoms. The second-order valence-electron chi connectivity index (χ2n) is 12.2. The molecule has 6 atom stereocenters. The van der Waals surface area contributed by atoms with Crippen molar-refractivity contribution in [1.29, 1.82) is 0 Å². The molecule has 0 aromatic carbocycles. The van der Waals surface area contributed by atoms with Gasteiger partial charge in [-0.3, -0.25) is 14.1 Å². The number of carbonyl (C=O) groups excluding carboxylic acids is 2. The van der Waals surface area contributed by atoms with Gasteiger partial charge in [0.1, 0.15) is 36.8 Å². The van der Waals surface area contributed by atoms with E-state index in [4.69, 9.17) is 23.5 Å². The molecule has 0 aromatic heterocycles. The first-order valence-electron chi connectivity index (χ1n) is 17.1. The van der Waals surface area contributed by atoms with Gasteiger partial charge in [-0.25, -0.2) is 0 Å². The minimum atomic E-state index is -4.58. The lowest BCUT2D eigenvalue weighted by atomic mass is 10.00. The molecule has 45 heavy (non-hydrogen) atoms. The Hall–Kier alpha value is -1.35. The predicted molar refractivity (Wildman–Crippen MR) is 169 cm³/mol. The lowest BCUT2D eigenvalue weighted by Gasteiger charge is -2.40. The molecule has 1 heterocycles.